The summed E-state index contributed by atoms with van der Waals surface area (Å²) < 4.78 is 0. The van der Waals surface area contributed by atoms with Gasteiger partial charge in [0.25, 0.3) is 0 Å². The Labute approximate surface area is 75.8 Å². The molecule has 1 heterocycles. The van der Waals surface area contributed by atoms with Gasteiger partial charge in [-0.25, -0.2) is 0 Å². The molecule has 0 aromatic heterocycles. The fraction of sp³-hybridized carbons (Fsp3) is 0.800. The molecule has 0 amide bonds. The smallest absolute Gasteiger partial charge is 0.0250 e. The number of hydrogen-bond donors (Lipinski definition) is 0. The lowest BCUT2D eigenvalue weighted by Gasteiger charge is -2.35. The van der Waals surface area contributed by atoms with Gasteiger partial charge >= 0.3 is 0 Å². The summed E-state index contributed by atoms with van der Waals surface area (Å²) in [6.45, 7) is 9.20. The molecule has 0 N–H and O–H groups in total. The Kier molecular flexibility index (Phi) is 3.76. The molecular weight excluding hydrogens is 148 g/mol. The summed E-state index contributed by atoms with van der Waals surface area (Å²) in [5.74, 6) is 0. The zero-order valence-electron chi connectivity index (χ0n) is 8.45. The Hall–Kier alpha value is -0.340. The molecule has 12 heavy (non-hydrogen) atoms. The summed E-state index contributed by atoms with van der Waals surface area (Å²) in [4.78, 5) is 4.92. The Morgan fingerprint density at radius 1 is 1.17 bits per heavy atom. The van der Waals surface area contributed by atoms with Crippen molar-refractivity contribution >= 4 is 0 Å². The normalized spacial score (nSPS) is 24.9. The number of rotatable bonds is 2. The van der Waals surface area contributed by atoms with Gasteiger partial charge in [-0.15, -0.1) is 0 Å². The van der Waals surface area contributed by atoms with Gasteiger partial charge in [0.15, 0.2) is 0 Å². The standard InChI is InChI=1S/C10H20N2/c1-4-5-10(2)12-8-6-11(3)7-9-12/h4-5,10H,6-9H2,1-3H3. The van der Waals surface area contributed by atoms with Crippen LogP contribution in [0.5, 0.6) is 0 Å². The van der Waals surface area contributed by atoms with Crippen LogP contribution in [0, 0.1) is 0 Å². The minimum atomic E-state index is 0.615. The van der Waals surface area contributed by atoms with Crippen molar-refractivity contribution in [1.82, 2.24) is 9.80 Å². The van der Waals surface area contributed by atoms with E-state index < -0.39 is 0 Å². The molecular formula is C10H20N2. The maximum atomic E-state index is 2.53. The number of likely N-dealkylation sites (N-methyl/N-ethyl adjacent to an activating group) is 1. The molecule has 0 radical (unpaired) electrons. The van der Waals surface area contributed by atoms with Crippen molar-refractivity contribution in [3.8, 4) is 0 Å². The van der Waals surface area contributed by atoms with Crippen LogP contribution in [0.4, 0.5) is 0 Å². The minimum absolute atomic E-state index is 0.615. The van der Waals surface area contributed by atoms with E-state index in [0.717, 1.165) is 0 Å². The van der Waals surface area contributed by atoms with E-state index in [1.807, 2.05) is 0 Å². The minimum Gasteiger partial charge on any atom is -0.304 e. The Morgan fingerprint density at radius 2 is 1.75 bits per heavy atom. The Morgan fingerprint density at radius 3 is 2.25 bits per heavy atom. The van der Waals surface area contributed by atoms with E-state index in [4.69, 9.17) is 0 Å². The van der Waals surface area contributed by atoms with Crippen LogP contribution in [-0.4, -0.2) is 49.1 Å². The highest BCUT2D eigenvalue weighted by Crippen LogP contribution is 2.05. The predicted molar refractivity (Wildman–Crippen MR) is 53.3 cm³/mol. The third-order valence-electron chi connectivity index (χ3n) is 2.58. The molecule has 1 aliphatic rings. The SMILES string of the molecule is CC=CC(C)N1CCN(C)CC1. The first kappa shape index (κ1) is 9.75. The highest BCUT2D eigenvalue weighted by Gasteiger charge is 2.16. The summed E-state index contributed by atoms with van der Waals surface area (Å²) in [5.41, 5.74) is 0. The van der Waals surface area contributed by atoms with E-state index >= 15 is 0 Å². The van der Waals surface area contributed by atoms with Crippen LogP contribution in [0.25, 0.3) is 0 Å². The van der Waals surface area contributed by atoms with E-state index in [0.29, 0.717) is 6.04 Å². The number of hydrogen-bond acceptors (Lipinski definition) is 2. The molecule has 1 rings (SSSR count). The molecule has 1 saturated heterocycles. The summed E-state index contributed by atoms with van der Waals surface area (Å²) in [6, 6.07) is 0.615. The number of piperazine rings is 1. The van der Waals surface area contributed by atoms with Gasteiger partial charge in [-0.1, -0.05) is 12.2 Å². The van der Waals surface area contributed by atoms with Crippen LogP contribution in [0.3, 0.4) is 0 Å². The largest absolute Gasteiger partial charge is 0.304 e. The van der Waals surface area contributed by atoms with Crippen molar-refractivity contribution in [1.29, 1.82) is 0 Å². The van der Waals surface area contributed by atoms with Gasteiger partial charge in [-0.3, -0.25) is 4.90 Å². The summed E-state index contributed by atoms with van der Waals surface area (Å²) in [6.07, 6.45) is 4.41. The number of nitrogens with zero attached hydrogens (tertiary/aromatic N) is 2. The molecule has 0 bridgehead atoms. The second-order valence-electron chi connectivity index (χ2n) is 3.61. The highest BCUT2D eigenvalue weighted by molar-refractivity contribution is 4.91. The van der Waals surface area contributed by atoms with Crippen LogP contribution in [0.1, 0.15) is 13.8 Å². The quantitative estimate of drug-likeness (QED) is 0.572. The Bertz CT molecular complexity index is 146. The molecule has 70 valence electrons. The van der Waals surface area contributed by atoms with Gasteiger partial charge in [-0.05, 0) is 20.9 Å². The fourth-order valence-corrected chi connectivity index (χ4v) is 1.63. The average molecular weight is 168 g/mol. The maximum absolute atomic E-state index is 2.53. The van der Waals surface area contributed by atoms with Gasteiger partial charge in [-0.2, -0.15) is 0 Å². The van der Waals surface area contributed by atoms with Gasteiger partial charge in [0.2, 0.25) is 0 Å². The van der Waals surface area contributed by atoms with E-state index in [2.05, 4.69) is 42.8 Å². The van der Waals surface area contributed by atoms with Crippen molar-refractivity contribution in [2.24, 2.45) is 0 Å². The van der Waals surface area contributed by atoms with Crippen molar-refractivity contribution in [3.63, 3.8) is 0 Å². The zero-order chi connectivity index (χ0) is 8.97. The van der Waals surface area contributed by atoms with E-state index in [9.17, 15) is 0 Å². The lowest BCUT2D eigenvalue weighted by Crippen LogP contribution is -2.47. The first-order valence-corrected chi connectivity index (χ1v) is 4.79. The topological polar surface area (TPSA) is 6.48 Å². The number of allylic oxidation sites excluding steroid dienone is 1. The summed E-state index contributed by atoms with van der Waals surface area (Å²) in [5, 5.41) is 0. The molecule has 1 atom stereocenters. The van der Waals surface area contributed by atoms with Crippen LogP contribution < -0.4 is 0 Å². The third kappa shape index (κ3) is 2.61. The molecule has 0 saturated carbocycles. The van der Waals surface area contributed by atoms with Crippen molar-refractivity contribution in [3.05, 3.63) is 12.2 Å². The molecule has 1 fully saturated rings. The monoisotopic (exact) mass is 168 g/mol. The van der Waals surface area contributed by atoms with E-state index in [1.54, 1.807) is 0 Å². The first-order chi connectivity index (χ1) is 5.74. The maximum Gasteiger partial charge on any atom is 0.0250 e. The lowest BCUT2D eigenvalue weighted by molar-refractivity contribution is 0.136. The molecule has 0 aliphatic carbocycles. The third-order valence-corrected chi connectivity index (χ3v) is 2.58. The van der Waals surface area contributed by atoms with Crippen molar-refractivity contribution in [2.45, 2.75) is 19.9 Å². The van der Waals surface area contributed by atoms with Crippen LogP contribution in [0.2, 0.25) is 0 Å². The molecule has 2 nitrogen and oxygen atoms in total. The summed E-state index contributed by atoms with van der Waals surface area (Å²) in [7, 11) is 2.19. The lowest BCUT2D eigenvalue weighted by atomic mass is 10.2. The van der Waals surface area contributed by atoms with Crippen molar-refractivity contribution in [2.75, 3.05) is 33.2 Å². The van der Waals surface area contributed by atoms with E-state index in [-0.39, 0.29) is 0 Å². The zero-order valence-corrected chi connectivity index (χ0v) is 8.45. The van der Waals surface area contributed by atoms with E-state index in [1.165, 1.54) is 26.2 Å². The molecule has 1 unspecified atom stereocenters. The summed E-state index contributed by atoms with van der Waals surface area (Å²) >= 11 is 0. The Balaban J connectivity index is 2.33. The molecule has 2 heteroatoms. The predicted octanol–water partition coefficient (Wildman–Crippen LogP) is 1.20. The van der Waals surface area contributed by atoms with Gasteiger partial charge in [0.1, 0.15) is 0 Å². The molecule has 1 aliphatic heterocycles. The van der Waals surface area contributed by atoms with Crippen LogP contribution >= 0.6 is 0 Å². The average Bonchev–Trinajstić information content (AvgIpc) is 2.06. The second-order valence-corrected chi connectivity index (χ2v) is 3.61. The van der Waals surface area contributed by atoms with Crippen LogP contribution in [0.15, 0.2) is 12.2 Å². The van der Waals surface area contributed by atoms with Gasteiger partial charge in [0, 0.05) is 32.2 Å². The van der Waals surface area contributed by atoms with Crippen molar-refractivity contribution < 1.29 is 0 Å². The molecule has 0 spiro atoms. The van der Waals surface area contributed by atoms with Gasteiger partial charge < -0.3 is 4.90 Å². The van der Waals surface area contributed by atoms with Gasteiger partial charge in [0.05, 0.1) is 0 Å². The molecule has 0 aromatic carbocycles. The van der Waals surface area contributed by atoms with Crippen LogP contribution in [-0.2, 0) is 0 Å². The highest BCUT2D eigenvalue weighted by atomic mass is 15.3. The molecule has 0 aromatic rings. The fourth-order valence-electron chi connectivity index (χ4n) is 1.63. The first-order valence-electron chi connectivity index (χ1n) is 4.79. The second kappa shape index (κ2) is 4.63.